The van der Waals surface area contributed by atoms with Crippen molar-refractivity contribution in [2.45, 2.75) is 17.9 Å². The fraction of sp³-hybridized carbons (Fsp3) is 0.154. The number of ether oxygens (including phenoxy) is 1. The summed E-state index contributed by atoms with van der Waals surface area (Å²) in [5, 5.41) is 11.7. The number of esters is 1. The Bertz CT molecular complexity index is 1470. The molecule has 0 saturated heterocycles. The number of benzene rings is 3. The molecule has 1 amide bonds. The highest BCUT2D eigenvalue weighted by atomic mass is 32.2. The number of fused-ring (bicyclic) bond motifs is 1. The zero-order valence-electron chi connectivity index (χ0n) is 18.6. The number of oxazole rings is 1. The molecule has 0 saturated carbocycles. The van der Waals surface area contributed by atoms with Crippen molar-refractivity contribution in [3.63, 3.8) is 0 Å². The van der Waals surface area contributed by atoms with E-state index < -0.39 is 11.7 Å². The maximum absolute atomic E-state index is 12.7. The van der Waals surface area contributed by atoms with Crippen LogP contribution in [0.3, 0.4) is 0 Å². The maximum atomic E-state index is 12.7. The molecule has 4 rings (SSSR count). The fourth-order valence-corrected chi connectivity index (χ4v) is 4.30. The van der Waals surface area contributed by atoms with Crippen molar-refractivity contribution >= 4 is 40.4 Å². The first-order chi connectivity index (χ1) is 17.0. The zero-order chi connectivity index (χ0) is 24.6. The van der Waals surface area contributed by atoms with Crippen molar-refractivity contribution in [1.82, 2.24) is 4.57 Å². The molecule has 0 aliphatic rings. The Labute approximate surface area is 205 Å². The highest BCUT2D eigenvalue weighted by molar-refractivity contribution is 8.00. The Morgan fingerprint density at radius 2 is 1.86 bits per heavy atom. The number of hydrogen-bond acceptors (Lipinski definition) is 7. The lowest BCUT2D eigenvalue weighted by molar-refractivity contribution is -0.113. The third kappa shape index (κ3) is 5.99. The van der Waals surface area contributed by atoms with Crippen molar-refractivity contribution in [3.8, 4) is 6.07 Å². The summed E-state index contributed by atoms with van der Waals surface area (Å²) in [5.74, 6) is -1.13. The van der Waals surface area contributed by atoms with Gasteiger partial charge in [-0.2, -0.15) is 5.26 Å². The molecule has 0 bridgehead atoms. The number of thioether (sulfide) groups is 1. The average Bonchev–Trinajstić information content (AvgIpc) is 3.20. The lowest BCUT2D eigenvalue weighted by Crippen LogP contribution is -2.16. The summed E-state index contributed by atoms with van der Waals surface area (Å²) in [6.45, 7) is 0.478. The SMILES string of the molecule is N#Cc1cccc(NC(=O)CSc2ccccc2C(=O)OCCCn2c(=O)oc3ccccc32)c1. The van der Waals surface area contributed by atoms with E-state index in [0.29, 0.717) is 45.8 Å². The van der Waals surface area contributed by atoms with Crippen LogP contribution in [0.15, 0.2) is 86.9 Å². The summed E-state index contributed by atoms with van der Waals surface area (Å²) in [4.78, 5) is 37.7. The molecule has 8 nitrogen and oxygen atoms in total. The first-order valence-corrected chi connectivity index (χ1v) is 11.8. The van der Waals surface area contributed by atoms with E-state index in [1.165, 1.54) is 16.3 Å². The molecule has 35 heavy (non-hydrogen) atoms. The predicted molar refractivity (Wildman–Crippen MR) is 132 cm³/mol. The number of nitriles is 1. The second-order valence-corrected chi connectivity index (χ2v) is 8.52. The lowest BCUT2D eigenvalue weighted by atomic mass is 10.2. The summed E-state index contributed by atoms with van der Waals surface area (Å²) in [6.07, 6.45) is 0.439. The van der Waals surface area contributed by atoms with E-state index >= 15 is 0 Å². The number of carbonyl (C=O) groups excluding carboxylic acids is 2. The van der Waals surface area contributed by atoms with Gasteiger partial charge in [-0.15, -0.1) is 11.8 Å². The molecule has 1 N–H and O–H groups in total. The third-order valence-corrected chi connectivity index (χ3v) is 6.15. The molecule has 9 heteroatoms. The number of para-hydroxylation sites is 2. The van der Waals surface area contributed by atoms with Crippen LogP contribution >= 0.6 is 11.8 Å². The van der Waals surface area contributed by atoms with Crippen LogP contribution in [0.2, 0.25) is 0 Å². The van der Waals surface area contributed by atoms with E-state index in [-0.39, 0.29) is 18.3 Å². The molecule has 3 aromatic carbocycles. The molecule has 1 heterocycles. The van der Waals surface area contributed by atoms with Gasteiger partial charge in [-0.05, 0) is 48.9 Å². The number of carbonyl (C=O) groups is 2. The fourth-order valence-electron chi connectivity index (χ4n) is 3.46. The first kappa shape index (κ1) is 23.9. The van der Waals surface area contributed by atoms with Gasteiger partial charge in [-0.25, -0.2) is 9.59 Å². The molecule has 0 radical (unpaired) electrons. The zero-order valence-corrected chi connectivity index (χ0v) is 19.4. The van der Waals surface area contributed by atoms with Crippen molar-refractivity contribution in [3.05, 3.63) is 94.5 Å². The Kier molecular flexibility index (Phi) is 7.65. The summed E-state index contributed by atoms with van der Waals surface area (Å²) < 4.78 is 12.1. The van der Waals surface area contributed by atoms with E-state index in [0.717, 1.165) is 0 Å². The molecule has 0 atom stereocenters. The second-order valence-electron chi connectivity index (χ2n) is 7.50. The number of anilines is 1. The second kappa shape index (κ2) is 11.2. The molecular weight excluding hydrogens is 466 g/mol. The van der Waals surface area contributed by atoms with Gasteiger partial charge in [-0.1, -0.05) is 30.3 Å². The van der Waals surface area contributed by atoms with Gasteiger partial charge in [0.25, 0.3) is 0 Å². The molecule has 0 aliphatic carbocycles. The van der Waals surface area contributed by atoms with Crippen LogP contribution in [0.4, 0.5) is 5.69 Å². The third-order valence-electron chi connectivity index (χ3n) is 5.07. The number of nitrogens with one attached hydrogen (secondary N) is 1. The van der Waals surface area contributed by atoms with Crippen LogP contribution in [0, 0.1) is 11.3 Å². The molecule has 1 aromatic heterocycles. The van der Waals surface area contributed by atoms with Crippen molar-refractivity contribution < 1.29 is 18.7 Å². The summed E-state index contributed by atoms with van der Waals surface area (Å²) >= 11 is 1.22. The van der Waals surface area contributed by atoms with E-state index in [4.69, 9.17) is 14.4 Å². The van der Waals surface area contributed by atoms with E-state index in [1.54, 1.807) is 66.7 Å². The number of aromatic nitrogens is 1. The van der Waals surface area contributed by atoms with Crippen LogP contribution in [0.25, 0.3) is 11.1 Å². The molecule has 0 fully saturated rings. The summed E-state index contributed by atoms with van der Waals surface area (Å²) in [7, 11) is 0. The standard InChI is InChI=1S/C26H21N3O5S/c27-16-18-7-5-8-19(15-18)28-24(30)17-35-23-12-4-1-9-20(23)25(31)33-14-6-13-29-21-10-2-3-11-22(21)34-26(29)32/h1-5,7-12,15H,6,13-14,17H2,(H,28,30). The predicted octanol–water partition coefficient (Wildman–Crippen LogP) is 4.44. The Balaban J connectivity index is 1.30. The van der Waals surface area contributed by atoms with Gasteiger partial charge < -0.3 is 14.5 Å². The smallest absolute Gasteiger partial charge is 0.419 e. The number of nitrogens with zero attached hydrogens (tertiary/aromatic N) is 2. The number of rotatable bonds is 9. The van der Waals surface area contributed by atoms with Crippen LogP contribution in [-0.2, 0) is 16.1 Å². The van der Waals surface area contributed by atoms with Crippen molar-refractivity contribution in [2.75, 3.05) is 17.7 Å². The quantitative estimate of drug-likeness (QED) is 0.211. The number of amides is 1. The first-order valence-electron chi connectivity index (χ1n) is 10.8. The molecule has 4 aromatic rings. The van der Waals surface area contributed by atoms with Gasteiger partial charge in [0.2, 0.25) is 5.91 Å². The highest BCUT2D eigenvalue weighted by Gasteiger charge is 2.15. The van der Waals surface area contributed by atoms with Crippen molar-refractivity contribution in [2.24, 2.45) is 0 Å². The van der Waals surface area contributed by atoms with Gasteiger partial charge in [0, 0.05) is 17.1 Å². The Hall–Kier alpha value is -4.29. The van der Waals surface area contributed by atoms with Crippen molar-refractivity contribution in [1.29, 1.82) is 5.26 Å². The minimum Gasteiger partial charge on any atom is -0.462 e. The maximum Gasteiger partial charge on any atom is 0.419 e. The molecule has 0 spiro atoms. The number of hydrogen-bond donors (Lipinski definition) is 1. The summed E-state index contributed by atoms with van der Waals surface area (Å²) in [5.41, 5.74) is 2.56. The van der Waals surface area contributed by atoms with E-state index in [9.17, 15) is 14.4 Å². The molecule has 176 valence electrons. The van der Waals surface area contributed by atoms with Crippen LogP contribution in [0.1, 0.15) is 22.3 Å². The van der Waals surface area contributed by atoms with Crippen LogP contribution in [0.5, 0.6) is 0 Å². The van der Waals surface area contributed by atoms with Gasteiger partial charge in [0.15, 0.2) is 5.58 Å². The number of aryl methyl sites for hydroxylation is 1. The minimum absolute atomic E-state index is 0.0809. The topological polar surface area (TPSA) is 114 Å². The normalized spacial score (nSPS) is 10.6. The largest absolute Gasteiger partial charge is 0.462 e. The van der Waals surface area contributed by atoms with Gasteiger partial charge >= 0.3 is 11.7 Å². The Morgan fingerprint density at radius 1 is 1.06 bits per heavy atom. The highest BCUT2D eigenvalue weighted by Crippen LogP contribution is 2.24. The minimum atomic E-state index is -0.500. The molecule has 0 unspecified atom stereocenters. The summed E-state index contributed by atoms with van der Waals surface area (Å²) in [6, 6.07) is 22.7. The molecular formula is C26H21N3O5S. The van der Waals surface area contributed by atoms with Gasteiger partial charge in [-0.3, -0.25) is 9.36 Å². The lowest BCUT2D eigenvalue weighted by Gasteiger charge is -2.10. The van der Waals surface area contributed by atoms with E-state index in [2.05, 4.69) is 5.32 Å². The van der Waals surface area contributed by atoms with Gasteiger partial charge in [0.05, 0.1) is 35.1 Å². The van der Waals surface area contributed by atoms with Crippen LogP contribution < -0.4 is 11.1 Å². The average molecular weight is 488 g/mol. The monoisotopic (exact) mass is 487 g/mol. The van der Waals surface area contributed by atoms with Crippen LogP contribution in [-0.4, -0.2) is 28.8 Å². The molecule has 0 aliphatic heterocycles. The van der Waals surface area contributed by atoms with E-state index in [1.807, 2.05) is 12.1 Å². The Morgan fingerprint density at radius 3 is 2.71 bits per heavy atom. The van der Waals surface area contributed by atoms with Gasteiger partial charge in [0.1, 0.15) is 0 Å².